The first-order valence-corrected chi connectivity index (χ1v) is 14.6. The van der Waals surface area contributed by atoms with Crippen molar-refractivity contribution in [3.63, 3.8) is 0 Å². The van der Waals surface area contributed by atoms with Crippen molar-refractivity contribution in [2.45, 2.75) is 136 Å². The van der Waals surface area contributed by atoms with E-state index < -0.39 is 0 Å². The molecule has 190 valence electrons. The van der Waals surface area contributed by atoms with E-state index >= 15 is 0 Å². The van der Waals surface area contributed by atoms with Gasteiger partial charge < -0.3 is 9.47 Å². The molecule has 34 heavy (non-hydrogen) atoms. The van der Waals surface area contributed by atoms with Crippen molar-refractivity contribution >= 4 is 13.8 Å². The van der Waals surface area contributed by atoms with E-state index in [1.54, 1.807) is 0 Å². The second kappa shape index (κ2) is 8.81. The summed E-state index contributed by atoms with van der Waals surface area (Å²) in [5, 5.41) is -0.345. The van der Waals surface area contributed by atoms with Gasteiger partial charge >= 0.3 is 5.97 Å². The van der Waals surface area contributed by atoms with Crippen LogP contribution in [-0.2, 0) is 14.3 Å². The Morgan fingerprint density at radius 3 is 2.56 bits per heavy atom. The second-order valence-corrected chi connectivity index (χ2v) is 14.0. The van der Waals surface area contributed by atoms with Crippen molar-refractivity contribution in [2.24, 2.45) is 46.3 Å². The Morgan fingerprint density at radius 1 is 1.09 bits per heavy atom. The predicted molar refractivity (Wildman–Crippen MR) is 138 cm³/mol. The molecule has 5 aliphatic rings. The van der Waals surface area contributed by atoms with E-state index in [0.717, 1.165) is 55.3 Å². The van der Waals surface area contributed by atoms with Crippen molar-refractivity contribution < 1.29 is 14.3 Å². The third-order valence-electron chi connectivity index (χ3n) is 12.1. The maximum atomic E-state index is 11.7. The number of esters is 1. The van der Waals surface area contributed by atoms with Crippen LogP contribution in [0.5, 0.6) is 0 Å². The van der Waals surface area contributed by atoms with Gasteiger partial charge in [0, 0.05) is 6.92 Å². The van der Waals surface area contributed by atoms with E-state index in [-0.39, 0.29) is 35.0 Å². The van der Waals surface area contributed by atoms with E-state index in [2.05, 4.69) is 34.6 Å². The molecule has 0 amide bonds. The molecule has 0 aromatic heterocycles. The Bertz CT molecular complexity index is 783. The molecule has 4 saturated carbocycles. The molecule has 1 saturated heterocycles. The third kappa shape index (κ3) is 3.58. The fourth-order valence-electron chi connectivity index (χ4n) is 10.8. The number of fused-ring (bicyclic) bond motifs is 3. The molecular formula is C30H49BO3. The lowest BCUT2D eigenvalue weighted by Crippen LogP contribution is -2.60. The van der Waals surface area contributed by atoms with Gasteiger partial charge in [-0.3, -0.25) is 4.79 Å². The highest BCUT2D eigenvalue weighted by Crippen LogP contribution is 2.77. The lowest BCUT2D eigenvalue weighted by Gasteiger charge is -2.65. The lowest BCUT2D eigenvalue weighted by molar-refractivity contribution is -0.157. The second-order valence-electron chi connectivity index (χ2n) is 14.0. The summed E-state index contributed by atoms with van der Waals surface area (Å²) in [5.74, 6) is 4.61. The van der Waals surface area contributed by atoms with Gasteiger partial charge in [-0.25, -0.2) is 0 Å². The highest BCUT2D eigenvalue weighted by atomic mass is 16.5. The molecule has 0 spiro atoms. The minimum atomic E-state index is -0.345. The molecule has 11 atom stereocenters. The number of hydrogen-bond donors (Lipinski definition) is 0. The van der Waals surface area contributed by atoms with Crippen molar-refractivity contribution in [3.05, 3.63) is 0 Å². The standard InChI is InChI=1S/C30H49BO3/c1-18(2)8-7-9-19(3)24-10-11-25-23-16-27-30(31)17-22(34-21(5)32)12-15-29(30,20(4)33-27)26(23)13-14-28(24,25)6/h18-20,22-27H,7-17H2,1-6H3/t19-,20-,22+,23+,24-,25+,26+,27-,28-,29+,30+/m1/s1. The van der Waals surface area contributed by atoms with E-state index in [9.17, 15) is 4.79 Å². The summed E-state index contributed by atoms with van der Waals surface area (Å²) in [6, 6.07) is 0. The van der Waals surface area contributed by atoms with Crippen LogP contribution in [0, 0.1) is 46.3 Å². The van der Waals surface area contributed by atoms with E-state index in [4.69, 9.17) is 17.3 Å². The van der Waals surface area contributed by atoms with Gasteiger partial charge in [0.15, 0.2) is 0 Å². The summed E-state index contributed by atoms with van der Waals surface area (Å²) in [7, 11) is 7.38. The minimum absolute atomic E-state index is 0.0417. The Morgan fingerprint density at radius 2 is 1.85 bits per heavy atom. The number of carbonyl (C=O) groups is 1. The van der Waals surface area contributed by atoms with Gasteiger partial charge in [-0.1, -0.05) is 47.0 Å². The normalized spacial score (nSPS) is 50.4. The van der Waals surface area contributed by atoms with Crippen molar-refractivity contribution in [2.75, 3.05) is 0 Å². The van der Waals surface area contributed by atoms with Crippen molar-refractivity contribution in [3.8, 4) is 0 Å². The zero-order valence-electron chi connectivity index (χ0n) is 22.8. The number of hydrogen-bond acceptors (Lipinski definition) is 3. The van der Waals surface area contributed by atoms with Crippen LogP contribution in [0.2, 0.25) is 5.31 Å². The highest BCUT2D eigenvalue weighted by Gasteiger charge is 2.73. The van der Waals surface area contributed by atoms with Crippen molar-refractivity contribution in [1.82, 2.24) is 0 Å². The summed E-state index contributed by atoms with van der Waals surface area (Å²) in [6.07, 6.45) is 13.8. The molecule has 4 heteroatoms. The van der Waals surface area contributed by atoms with Crippen LogP contribution < -0.4 is 0 Å². The summed E-state index contributed by atoms with van der Waals surface area (Å²) in [5.41, 5.74) is 0.542. The Balaban J connectivity index is 1.37. The quantitative estimate of drug-likeness (QED) is 0.307. The average Bonchev–Trinajstić information content (AvgIpc) is 3.15. The van der Waals surface area contributed by atoms with Gasteiger partial charge in [-0.15, -0.1) is 0 Å². The van der Waals surface area contributed by atoms with Crippen LogP contribution in [0.3, 0.4) is 0 Å². The van der Waals surface area contributed by atoms with Crippen LogP contribution in [0.25, 0.3) is 0 Å². The fraction of sp³-hybridized carbons (Fsp3) is 0.967. The van der Waals surface area contributed by atoms with Crippen molar-refractivity contribution in [1.29, 1.82) is 0 Å². The molecule has 0 aromatic carbocycles. The zero-order valence-corrected chi connectivity index (χ0v) is 22.8. The molecule has 0 N–H and O–H groups in total. The maximum absolute atomic E-state index is 11.7. The average molecular weight is 469 g/mol. The Kier molecular flexibility index (Phi) is 6.52. The van der Waals surface area contributed by atoms with Gasteiger partial charge in [-0.05, 0) is 110 Å². The topological polar surface area (TPSA) is 35.5 Å². The lowest BCUT2D eigenvalue weighted by atomic mass is 9.34. The molecule has 5 fully saturated rings. The fourth-order valence-corrected chi connectivity index (χ4v) is 10.8. The van der Waals surface area contributed by atoms with Crippen LogP contribution >= 0.6 is 0 Å². The summed E-state index contributed by atoms with van der Waals surface area (Å²) in [6.45, 7) is 13.8. The molecule has 0 unspecified atom stereocenters. The largest absolute Gasteiger partial charge is 0.463 e. The minimum Gasteiger partial charge on any atom is -0.463 e. The molecule has 2 radical (unpaired) electrons. The molecule has 1 aliphatic heterocycles. The van der Waals surface area contributed by atoms with Gasteiger partial charge in [0.2, 0.25) is 0 Å². The summed E-state index contributed by atoms with van der Waals surface area (Å²) >= 11 is 0. The van der Waals surface area contributed by atoms with Crippen LogP contribution in [-0.4, -0.2) is 32.1 Å². The number of rotatable bonds is 6. The summed E-state index contributed by atoms with van der Waals surface area (Å²) in [4.78, 5) is 11.7. The number of carbonyl (C=O) groups excluding carboxylic acids is 1. The molecular weight excluding hydrogens is 419 g/mol. The van der Waals surface area contributed by atoms with Gasteiger partial charge in [-0.2, -0.15) is 0 Å². The first-order chi connectivity index (χ1) is 16.0. The van der Waals surface area contributed by atoms with Crippen LogP contribution in [0.1, 0.15) is 112 Å². The molecule has 1 heterocycles. The van der Waals surface area contributed by atoms with E-state index in [0.29, 0.717) is 11.3 Å². The van der Waals surface area contributed by atoms with Crippen LogP contribution in [0.4, 0.5) is 0 Å². The van der Waals surface area contributed by atoms with E-state index in [1.165, 1.54) is 51.9 Å². The smallest absolute Gasteiger partial charge is 0.302 e. The zero-order chi connectivity index (χ0) is 24.5. The molecule has 5 rings (SSSR count). The molecule has 3 nitrogen and oxygen atoms in total. The predicted octanol–water partition coefficient (Wildman–Crippen LogP) is 7.13. The first-order valence-electron chi connectivity index (χ1n) is 14.6. The Hall–Kier alpha value is -0.505. The monoisotopic (exact) mass is 468 g/mol. The molecule has 0 aromatic rings. The first kappa shape index (κ1) is 25.2. The van der Waals surface area contributed by atoms with Gasteiger partial charge in [0.25, 0.3) is 0 Å². The Labute approximate surface area is 210 Å². The maximum Gasteiger partial charge on any atom is 0.302 e. The number of ether oxygens (including phenoxy) is 2. The third-order valence-corrected chi connectivity index (χ3v) is 12.1. The molecule has 4 aliphatic carbocycles. The highest BCUT2D eigenvalue weighted by molar-refractivity contribution is 6.17. The van der Waals surface area contributed by atoms with Crippen LogP contribution in [0.15, 0.2) is 0 Å². The summed E-state index contributed by atoms with van der Waals surface area (Å²) < 4.78 is 12.4. The van der Waals surface area contributed by atoms with Gasteiger partial charge in [0.1, 0.15) is 6.10 Å². The SMILES string of the molecule is [B][C@]12C[C@@H](OC(C)=O)CC[C@@]13[C@@H](C)O[C@@H]2C[C@H]1[C@@H]2CC[C@H]([C@H](C)CCCC(C)C)[C@@]2(C)CC[C@@H]13. The molecule has 2 bridgehead atoms. The van der Waals surface area contributed by atoms with Gasteiger partial charge in [0.05, 0.1) is 20.1 Å². The van der Waals surface area contributed by atoms with E-state index in [1.807, 2.05) is 0 Å².